The van der Waals surface area contributed by atoms with E-state index in [0.29, 0.717) is 12.1 Å². The highest BCUT2D eigenvalue weighted by Gasteiger charge is 2.29. The number of nitrogens with one attached hydrogen (secondary N) is 4. The SMILES string of the molecule is CCCCCN(CCCC)/C(=C/C=C(\C)C(F)(F)F)NC.CNC.Cc1cc(N2CCCC2)c(CNNC(N)=S)cc1F. The van der Waals surface area contributed by atoms with Crippen LogP contribution in [0.2, 0.25) is 0 Å². The summed E-state index contributed by atoms with van der Waals surface area (Å²) in [6, 6.07) is 3.50. The van der Waals surface area contributed by atoms with E-state index in [4.69, 9.17) is 18.0 Å². The molecule has 1 aromatic carbocycles. The molecule has 0 aliphatic carbocycles. The minimum absolute atomic E-state index is 0.176. The summed E-state index contributed by atoms with van der Waals surface area (Å²) < 4.78 is 51.3. The Labute approximate surface area is 262 Å². The first-order chi connectivity index (χ1) is 20.4. The van der Waals surface area contributed by atoms with Crippen LogP contribution < -0.4 is 32.1 Å². The molecule has 1 aliphatic rings. The zero-order valence-electron chi connectivity index (χ0n) is 27.2. The van der Waals surface area contributed by atoms with Crippen LogP contribution in [-0.4, -0.2) is 63.5 Å². The van der Waals surface area contributed by atoms with Gasteiger partial charge in [-0.05, 0) is 95.2 Å². The Bertz CT molecular complexity index is 978. The van der Waals surface area contributed by atoms with Crippen LogP contribution in [0.25, 0.3) is 0 Å². The number of allylic oxidation sites excluding steroid dienone is 3. The molecule has 1 aliphatic heterocycles. The first kappa shape index (κ1) is 40.4. The van der Waals surface area contributed by atoms with Crippen LogP contribution in [0.3, 0.4) is 0 Å². The molecule has 248 valence electrons. The molecule has 1 saturated heterocycles. The van der Waals surface area contributed by atoms with E-state index in [2.05, 4.69) is 45.1 Å². The zero-order chi connectivity index (χ0) is 32.8. The van der Waals surface area contributed by atoms with Crippen LogP contribution in [0.5, 0.6) is 0 Å². The minimum Gasteiger partial charge on any atom is -0.375 e. The standard InChI is InChI=1S/C16H29F3N2.C13H19FN4S.C2H7N/c1-5-7-9-13-21(12-8-6-2)15(20-4)11-10-14(3)16(17,18)19;1-9-6-12(18-4-2-3-5-18)10(7-11(9)14)8-16-17-13(15)19;1-3-2/h10-11,20H,5-9,12-13H2,1-4H3;6-7,16H,2-5,8H2,1H3,(H3,15,17,19);3H,1-2H3/b14-10+,15-11+;;. The average molecular weight is 634 g/mol. The molecule has 0 spiro atoms. The van der Waals surface area contributed by atoms with Crippen molar-refractivity contribution in [3.8, 4) is 0 Å². The van der Waals surface area contributed by atoms with Gasteiger partial charge < -0.3 is 26.2 Å². The normalized spacial score (nSPS) is 13.5. The van der Waals surface area contributed by atoms with Crippen molar-refractivity contribution in [3.63, 3.8) is 0 Å². The van der Waals surface area contributed by atoms with E-state index in [0.717, 1.165) is 88.4 Å². The molecular formula is C31H55F4N7S. The molecule has 0 saturated carbocycles. The predicted octanol–water partition coefficient (Wildman–Crippen LogP) is 6.26. The summed E-state index contributed by atoms with van der Waals surface area (Å²) in [6.07, 6.45) is 6.22. The van der Waals surface area contributed by atoms with E-state index in [1.165, 1.54) is 18.9 Å². The second-order valence-corrected chi connectivity index (χ2v) is 10.9. The summed E-state index contributed by atoms with van der Waals surface area (Å²) in [5.74, 6) is 0.568. The molecule has 1 fully saturated rings. The van der Waals surface area contributed by atoms with Gasteiger partial charge in [-0.3, -0.25) is 5.43 Å². The van der Waals surface area contributed by atoms with Gasteiger partial charge in [0, 0.05) is 51.0 Å². The first-order valence-corrected chi connectivity index (χ1v) is 15.6. The monoisotopic (exact) mass is 633 g/mol. The highest BCUT2D eigenvalue weighted by molar-refractivity contribution is 7.80. The Morgan fingerprint density at radius 1 is 1.02 bits per heavy atom. The molecule has 12 heteroatoms. The van der Waals surface area contributed by atoms with Crippen LogP contribution in [0.15, 0.2) is 35.7 Å². The lowest BCUT2D eigenvalue weighted by atomic mass is 10.1. The van der Waals surface area contributed by atoms with Crippen LogP contribution in [0, 0.1) is 12.7 Å². The van der Waals surface area contributed by atoms with Gasteiger partial charge in [0.05, 0.1) is 0 Å². The first-order valence-electron chi connectivity index (χ1n) is 15.1. The van der Waals surface area contributed by atoms with E-state index >= 15 is 0 Å². The van der Waals surface area contributed by atoms with Crippen LogP contribution >= 0.6 is 12.2 Å². The lowest BCUT2D eigenvalue weighted by molar-refractivity contribution is -0.0913. The smallest absolute Gasteiger partial charge is 0.375 e. The second-order valence-electron chi connectivity index (χ2n) is 10.5. The quantitative estimate of drug-likeness (QED) is 0.0541. The molecule has 1 aromatic rings. The maximum Gasteiger partial charge on any atom is 0.412 e. The maximum atomic E-state index is 13.7. The van der Waals surface area contributed by atoms with Gasteiger partial charge in [0.15, 0.2) is 5.11 Å². The Kier molecular flexibility index (Phi) is 21.5. The molecule has 0 amide bonds. The molecule has 1 heterocycles. The number of thiocarbonyl (C=S) groups is 1. The van der Waals surface area contributed by atoms with E-state index in [9.17, 15) is 17.6 Å². The van der Waals surface area contributed by atoms with Crippen LogP contribution in [0.1, 0.15) is 76.8 Å². The Balaban J connectivity index is 0.000000753. The Morgan fingerprint density at radius 2 is 1.60 bits per heavy atom. The molecule has 0 radical (unpaired) electrons. The fraction of sp³-hybridized carbons (Fsp3) is 0.645. The molecule has 6 N–H and O–H groups in total. The number of hydrazine groups is 1. The van der Waals surface area contributed by atoms with Crippen molar-refractivity contribution in [3.05, 3.63) is 52.6 Å². The fourth-order valence-electron chi connectivity index (χ4n) is 4.23. The fourth-order valence-corrected chi connectivity index (χ4v) is 4.30. The molecule has 7 nitrogen and oxygen atoms in total. The predicted molar refractivity (Wildman–Crippen MR) is 177 cm³/mol. The summed E-state index contributed by atoms with van der Waals surface area (Å²) in [7, 11) is 5.50. The second kappa shape index (κ2) is 22.9. The number of hydrogen-bond acceptors (Lipinski definition) is 6. The lowest BCUT2D eigenvalue weighted by Crippen LogP contribution is -2.40. The van der Waals surface area contributed by atoms with E-state index in [1.807, 2.05) is 20.2 Å². The number of hydrogen-bond donors (Lipinski definition) is 5. The summed E-state index contributed by atoms with van der Waals surface area (Å²) in [6.45, 7) is 11.4. The van der Waals surface area contributed by atoms with Crippen LogP contribution in [0.4, 0.5) is 23.2 Å². The van der Waals surface area contributed by atoms with Crippen molar-refractivity contribution in [1.82, 2.24) is 26.4 Å². The van der Waals surface area contributed by atoms with Crippen molar-refractivity contribution in [2.75, 3.05) is 52.2 Å². The van der Waals surface area contributed by atoms with Crippen molar-refractivity contribution in [1.29, 1.82) is 0 Å². The number of anilines is 1. The van der Waals surface area contributed by atoms with Crippen LogP contribution in [-0.2, 0) is 6.54 Å². The van der Waals surface area contributed by atoms with Gasteiger partial charge in [-0.2, -0.15) is 13.2 Å². The highest BCUT2D eigenvalue weighted by atomic mass is 32.1. The van der Waals surface area contributed by atoms with Gasteiger partial charge in [0.2, 0.25) is 0 Å². The Morgan fingerprint density at radius 3 is 2.12 bits per heavy atom. The van der Waals surface area contributed by atoms with E-state index < -0.39 is 11.7 Å². The van der Waals surface area contributed by atoms with Crippen molar-refractivity contribution >= 4 is 23.0 Å². The number of nitrogens with two attached hydrogens (primary N) is 1. The molecule has 0 bridgehead atoms. The van der Waals surface area contributed by atoms with Gasteiger partial charge >= 0.3 is 6.18 Å². The largest absolute Gasteiger partial charge is 0.412 e. The molecule has 2 rings (SSSR count). The zero-order valence-corrected chi connectivity index (χ0v) is 28.0. The minimum atomic E-state index is -4.26. The number of alkyl halides is 3. The molecular weight excluding hydrogens is 578 g/mol. The summed E-state index contributed by atoms with van der Waals surface area (Å²) in [5, 5.41) is 5.95. The molecule has 43 heavy (non-hydrogen) atoms. The lowest BCUT2D eigenvalue weighted by Gasteiger charge is -2.27. The van der Waals surface area contributed by atoms with Gasteiger partial charge in [0.1, 0.15) is 11.6 Å². The molecule has 0 aromatic heterocycles. The number of aryl methyl sites for hydroxylation is 1. The maximum absolute atomic E-state index is 13.7. The number of rotatable bonds is 14. The van der Waals surface area contributed by atoms with Crippen molar-refractivity contribution in [2.24, 2.45) is 5.73 Å². The number of unbranched alkanes of at least 4 members (excludes halogenated alkanes) is 3. The summed E-state index contributed by atoms with van der Waals surface area (Å²) in [5.41, 5.74) is 13.0. The van der Waals surface area contributed by atoms with Gasteiger partial charge in [0.25, 0.3) is 0 Å². The molecule has 0 atom stereocenters. The van der Waals surface area contributed by atoms with E-state index in [1.54, 1.807) is 20.0 Å². The number of halogens is 4. The third-order valence-electron chi connectivity index (χ3n) is 6.65. The number of nitrogens with zero attached hydrogens (tertiary/aromatic N) is 2. The van der Waals surface area contributed by atoms with Gasteiger partial charge in [-0.25, -0.2) is 9.82 Å². The highest BCUT2D eigenvalue weighted by Crippen LogP contribution is 2.27. The summed E-state index contributed by atoms with van der Waals surface area (Å²) in [4.78, 5) is 4.43. The van der Waals surface area contributed by atoms with Gasteiger partial charge in [-0.1, -0.05) is 39.2 Å². The van der Waals surface area contributed by atoms with Crippen molar-refractivity contribution in [2.45, 2.75) is 85.4 Å². The Hall–Kier alpha value is -2.57. The third-order valence-corrected chi connectivity index (χ3v) is 6.75. The molecule has 0 unspecified atom stereocenters. The van der Waals surface area contributed by atoms with Crippen molar-refractivity contribution < 1.29 is 17.6 Å². The van der Waals surface area contributed by atoms with Gasteiger partial charge in [-0.15, -0.1) is 0 Å². The number of benzene rings is 1. The third kappa shape index (κ3) is 17.3. The topological polar surface area (TPSA) is 80.6 Å². The van der Waals surface area contributed by atoms with E-state index in [-0.39, 0.29) is 10.9 Å². The summed E-state index contributed by atoms with van der Waals surface area (Å²) >= 11 is 4.72. The average Bonchev–Trinajstić information content (AvgIpc) is 3.48.